The monoisotopic (exact) mass is 308 g/mol. The lowest BCUT2D eigenvalue weighted by Crippen LogP contribution is -2.12. The highest BCUT2D eigenvalue weighted by molar-refractivity contribution is 6.42. The van der Waals surface area contributed by atoms with E-state index in [-0.39, 0.29) is 15.7 Å². The number of hydrogen-bond acceptors (Lipinski definition) is 5. The molecule has 6 nitrogen and oxygen atoms in total. The van der Waals surface area contributed by atoms with Gasteiger partial charge >= 0.3 is 0 Å². The van der Waals surface area contributed by atoms with Gasteiger partial charge in [-0.3, -0.25) is 10.1 Å². The number of hydrogen-bond donors (Lipinski definition) is 1. The maximum absolute atomic E-state index is 10.9. The van der Waals surface area contributed by atoms with Crippen molar-refractivity contribution in [3.05, 3.63) is 32.3 Å². The van der Waals surface area contributed by atoms with E-state index >= 15 is 0 Å². The Labute approximate surface area is 120 Å². The average Bonchev–Trinajstić information content (AvgIpc) is 2.37. The molecule has 0 aliphatic heterocycles. The number of halogens is 2. The zero-order valence-electron chi connectivity index (χ0n) is 10.3. The molecule has 1 aromatic rings. The van der Waals surface area contributed by atoms with Gasteiger partial charge in [-0.05, 0) is 6.07 Å². The van der Waals surface area contributed by atoms with Crippen LogP contribution in [0.1, 0.15) is 0 Å². The second-order valence-electron chi connectivity index (χ2n) is 3.57. The predicted octanol–water partition coefficient (Wildman–Crippen LogP) is 2.98. The van der Waals surface area contributed by atoms with Crippen molar-refractivity contribution in [1.82, 2.24) is 0 Å². The summed E-state index contributed by atoms with van der Waals surface area (Å²) in [7, 11) is 1.58. The minimum absolute atomic E-state index is 0.119. The number of benzene rings is 1. The lowest BCUT2D eigenvalue weighted by Gasteiger charge is -2.09. The first-order valence-electron chi connectivity index (χ1n) is 5.50. The molecule has 0 unspecified atom stereocenters. The summed E-state index contributed by atoms with van der Waals surface area (Å²) >= 11 is 11.6. The molecule has 106 valence electrons. The molecule has 0 aliphatic rings. The quantitative estimate of drug-likeness (QED) is 0.454. The Morgan fingerprint density at radius 1 is 1.26 bits per heavy atom. The highest BCUT2D eigenvalue weighted by Crippen LogP contribution is 2.33. The van der Waals surface area contributed by atoms with Crippen molar-refractivity contribution in [2.24, 2.45) is 0 Å². The Kier molecular flexibility index (Phi) is 6.86. The van der Waals surface area contributed by atoms with Gasteiger partial charge in [0.05, 0.1) is 34.8 Å². The van der Waals surface area contributed by atoms with Gasteiger partial charge in [0.25, 0.3) is 5.69 Å². The van der Waals surface area contributed by atoms with Gasteiger partial charge in [0.2, 0.25) is 0 Å². The average molecular weight is 309 g/mol. The Balaban J connectivity index is 2.57. The molecule has 0 aromatic heterocycles. The minimum Gasteiger partial charge on any atom is -0.382 e. The summed E-state index contributed by atoms with van der Waals surface area (Å²) in [6, 6.07) is 2.65. The van der Waals surface area contributed by atoms with Gasteiger partial charge in [0.15, 0.2) is 0 Å². The summed E-state index contributed by atoms with van der Waals surface area (Å²) in [6.45, 7) is 1.80. The number of nitro groups is 1. The third kappa shape index (κ3) is 5.20. The molecule has 1 rings (SSSR count). The number of nitrogens with zero attached hydrogens (tertiary/aromatic N) is 1. The van der Waals surface area contributed by atoms with E-state index in [0.29, 0.717) is 32.1 Å². The van der Waals surface area contributed by atoms with Crippen molar-refractivity contribution in [2.75, 3.05) is 38.8 Å². The van der Waals surface area contributed by atoms with Crippen LogP contribution < -0.4 is 5.32 Å². The van der Waals surface area contributed by atoms with Crippen molar-refractivity contribution in [1.29, 1.82) is 0 Å². The van der Waals surface area contributed by atoms with Crippen molar-refractivity contribution < 1.29 is 14.4 Å². The van der Waals surface area contributed by atoms with Crippen LogP contribution in [-0.2, 0) is 9.47 Å². The number of nitro benzene ring substituents is 1. The number of rotatable bonds is 8. The highest BCUT2D eigenvalue weighted by Gasteiger charge is 2.16. The van der Waals surface area contributed by atoms with Crippen molar-refractivity contribution in [3.63, 3.8) is 0 Å². The number of ether oxygens (including phenoxy) is 2. The summed E-state index contributed by atoms with van der Waals surface area (Å²) in [5.74, 6) is 0. The predicted molar refractivity (Wildman–Crippen MR) is 74.3 cm³/mol. The molecule has 0 atom stereocenters. The number of anilines is 1. The molecular formula is C11H14Cl2N2O4. The second kappa shape index (κ2) is 8.16. The van der Waals surface area contributed by atoms with Crippen molar-refractivity contribution in [2.45, 2.75) is 0 Å². The van der Waals surface area contributed by atoms with Crippen LogP contribution >= 0.6 is 23.2 Å². The summed E-state index contributed by atoms with van der Waals surface area (Å²) in [5, 5.41) is 14.2. The molecule has 0 spiro atoms. The normalized spacial score (nSPS) is 10.5. The van der Waals surface area contributed by atoms with Crippen molar-refractivity contribution >= 4 is 34.6 Å². The van der Waals surface area contributed by atoms with Gasteiger partial charge in [0.1, 0.15) is 5.69 Å². The lowest BCUT2D eigenvalue weighted by molar-refractivity contribution is -0.383. The van der Waals surface area contributed by atoms with Gasteiger partial charge < -0.3 is 14.8 Å². The fraction of sp³-hybridized carbons (Fsp3) is 0.455. The van der Waals surface area contributed by atoms with Crippen molar-refractivity contribution in [3.8, 4) is 0 Å². The van der Waals surface area contributed by atoms with Gasteiger partial charge in [-0.2, -0.15) is 0 Å². The number of nitrogens with one attached hydrogen (secondary N) is 1. The van der Waals surface area contributed by atoms with Crippen LogP contribution in [0.25, 0.3) is 0 Å². The van der Waals surface area contributed by atoms with Crippen LogP contribution in [0.2, 0.25) is 10.0 Å². The standard InChI is InChI=1S/C11H14Cl2N2O4/c1-18-4-5-19-3-2-14-10-6-8(12)9(13)7-11(10)15(16)17/h6-7,14H,2-5H2,1H3. The van der Waals surface area contributed by atoms with E-state index in [1.807, 2.05) is 0 Å². The molecule has 0 radical (unpaired) electrons. The van der Waals surface area contributed by atoms with E-state index in [9.17, 15) is 10.1 Å². The molecule has 0 saturated carbocycles. The Morgan fingerprint density at radius 2 is 1.95 bits per heavy atom. The molecule has 0 bridgehead atoms. The molecule has 19 heavy (non-hydrogen) atoms. The Bertz CT molecular complexity index is 443. The molecule has 8 heteroatoms. The maximum Gasteiger partial charge on any atom is 0.293 e. The molecule has 0 fully saturated rings. The molecule has 0 heterocycles. The third-order valence-electron chi connectivity index (χ3n) is 2.23. The Morgan fingerprint density at radius 3 is 2.58 bits per heavy atom. The minimum atomic E-state index is -0.518. The summed E-state index contributed by atoms with van der Waals surface area (Å²) < 4.78 is 10.1. The maximum atomic E-state index is 10.9. The van der Waals surface area contributed by atoms with Crippen LogP contribution in [0.3, 0.4) is 0 Å². The zero-order valence-corrected chi connectivity index (χ0v) is 11.8. The van der Waals surface area contributed by atoms with E-state index < -0.39 is 4.92 Å². The summed E-state index contributed by atoms with van der Waals surface area (Å²) in [4.78, 5) is 10.4. The van der Waals surface area contributed by atoms with E-state index in [0.717, 1.165) is 0 Å². The van der Waals surface area contributed by atoms with Crippen LogP contribution in [0.15, 0.2) is 12.1 Å². The lowest BCUT2D eigenvalue weighted by atomic mass is 10.2. The second-order valence-corrected chi connectivity index (χ2v) is 4.39. The molecular weight excluding hydrogens is 295 g/mol. The van der Waals surface area contributed by atoms with Crippen LogP contribution in [0.4, 0.5) is 11.4 Å². The molecule has 0 aliphatic carbocycles. The van der Waals surface area contributed by atoms with Gasteiger partial charge in [-0.15, -0.1) is 0 Å². The van der Waals surface area contributed by atoms with Crippen LogP contribution in [0.5, 0.6) is 0 Å². The first-order chi connectivity index (χ1) is 9.06. The van der Waals surface area contributed by atoms with E-state index in [1.165, 1.54) is 12.1 Å². The third-order valence-corrected chi connectivity index (χ3v) is 2.95. The summed E-state index contributed by atoms with van der Waals surface area (Å²) in [6.07, 6.45) is 0. The smallest absolute Gasteiger partial charge is 0.293 e. The van der Waals surface area contributed by atoms with E-state index in [4.69, 9.17) is 32.7 Å². The summed E-state index contributed by atoms with van der Waals surface area (Å²) in [5.41, 5.74) is 0.195. The SMILES string of the molecule is COCCOCCNc1cc(Cl)c(Cl)cc1[N+](=O)[O-]. The van der Waals surface area contributed by atoms with E-state index in [1.54, 1.807) is 7.11 Å². The fourth-order valence-electron chi connectivity index (χ4n) is 1.33. The van der Waals surface area contributed by atoms with Gasteiger partial charge in [-0.1, -0.05) is 23.2 Å². The topological polar surface area (TPSA) is 73.6 Å². The van der Waals surface area contributed by atoms with Gasteiger partial charge in [0, 0.05) is 19.7 Å². The van der Waals surface area contributed by atoms with Crippen LogP contribution in [-0.4, -0.2) is 38.4 Å². The molecule has 0 saturated heterocycles. The van der Waals surface area contributed by atoms with E-state index in [2.05, 4.69) is 5.32 Å². The zero-order chi connectivity index (χ0) is 14.3. The fourth-order valence-corrected chi connectivity index (χ4v) is 1.65. The molecule has 0 amide bonds. The van der Waals surface area contributed by atoms with Gasteiger partial charge in [-0.25, -0.2) is 0 Å². The van der Waals surface area contributed by atoms with Crippen LogP contribution in [0, 0.1) is 10.1 Å². The Hall–Kier alpha value is -1.08. The highest BCUT2D eigenvalue weighted by atomic mass is 35.5. The first kappa shape index (κ1) is 16.0. The molecule has 1 N–H and O–H groups in total. The first-order valence-corrected chi connectivity index (χ1v) is 6.26. The number of methoxy groups -OCH3 is 1. The molecule has 1 aromatic carbocycles. The largest absolute Gasteiger partial charge is 0.382 e.